The van der Waals surface area contributed by atoms with E-state index in [0.29, 0.717) is 13.1 Å². The minimum Gasteiger partial charge on any atom is -0.444 e. The Labute approximate surface area is 129 Å². The summed E-state index contributed by atoms with van der Waals surface area (Å²) in [5.74, 6) is 0. The van der Waals surface area contributed by atoms with Crippen molar-refractivity contribution in [3.05, 3.63) is 10.0 Å². The molecule has 2 rings (SSSR count). The average molecular weight is 312 g/mol. The Kier molecular flexibility index (Phi) is 4.53. The van der Waals surface area contributed by atoms with Crippen LogP contribution in [0.25, 0.3) is 0 Å². The summed E-state index contributed by atoms with van der Waals surface area (Å²) in [4.78, 5) is 13.9. The van der Waals surface area contributed by atoms with Crippen LogP contribution in [0.1, 0.15) is 50.6 Å². The van der Waals surface area contributed by atoms with Gasteiger partial charge in [-0.2, -0.15) is 0 Å². The molecule has 1 saturated heterocycles. The van der Waals surface area contributed by atoms with Gasteiger partial charge in [0.05, 0.1) is 5.54 Å². The van der Waals surface area contributed by atoms with E-state index in [-0.39, 0.29) is 6.09 Å². The predicted octanol–water partition coefficient (Wildman–Crippen LogP) is 2.29. The molecule has 2 N–H and O–H groups in total. The van der Waals surface area contributed by atoms with E-state index in [2.05, 4.69) is 10.2 Å². The van der Waals surface area contributed by atoms with Crippen LogP contribution >= 0.6 is 11.3 Å². The van der Waals surface area contributed by atoms with E-state index in [1.807, 2.05) is 27.7 Å². The van der Waals surface area contributed by atoms with E-state index in [1.54, 1.807) is 4.90 Å². The molecule has 1 atom stereocenters. The van der Waals surface area contributed by atoms with Gasteiger partial charge in [0.25, 0.3) is 0 Å². The molecule has 118 valence electrons. The van der Waals surface area contributed by atoms with Crippen molar-refractivity contribution in [3.8, 4) is 0 Å². The zero-order valence-electron chi connectivity index (χ0n) is 13.2. The summed E-state index contributed by atoms with van der Waals surface area (Å²) >= 11 is 1.54. The summed E-state index contributed by atoms with van der Waals surface area (Å²) in [7, 11) is 0. The Morgan fingerprint density at radius 1 is 1.48 bits per heavy atom. The fraction of sp³-hybridized carbons (Fsp3) is 0.786. The topological polar surface area (TPSA) is 81.3 Å². The molecule has 0 radical (unpaired) electrons. The van der Waals surface area contributed by atoms with Crippen molar-refractivity contribution in [3.63, 3.8) is 0 Å². The van der Waals surface area contributed by atoms with Gasteiger partial charge in [-0.1, -0.05) is 18.3 Å². The maximum Gasteiger partial charge on any atom is 0.410 e. The van der Waals surface area contributed by atoms with Crippen LogP contribution in [0, 0.1) is 0 Å². The molecule has 6 nitrogen and oxygen atoms in total. The van der Waals surface area contributed by atoms with Crippen LogP contribution in [0.4, 0.5) is 4.79 Å². The number of carbonyl (C=O) groups excluding carboxylic acids is 1. The molecule has 0 saturated carbocycles. The number of piperidine rings is 1. The Bertz CT molecular complexity index is 511. The molecule has 1 unspecified atom stereocenters. The molecule has 1 aliphatic heterocycles. The number of rotatable bonds is 2. The van der Waals surface area contributed by atoms with Gasteiger partial charge in [-0.15, -0.1) is 10.2 Å². The van der Waals surface area contributed by atoms with Crippen LogP contribution in [-0.2, 0) is 16.7 Å². The zero-order valence-corrected chi connectivity index (χ0v) is 14.0. The summed E-state index contributed by atoms with van der Waals surface area (Å²) < 4.78 is 5.43. The molecule has 21 heavy (non-hydrogen) atoms. The van der Waals surface area contributed by atoms with Crippen LogP contribution in [0.5, 0.6) is 0 Å². The van der Waals surface area contributed by atoms with Crippen molar-refractivity contribution in [2.75, 3.05) is 13.1 Å². The lowest BCUT2D eigenvalue weighted by molar-refractivity contribution is 0.0137. The fourth-order valence-electron chi connectivity index (χ4n) is 2.34. The third kappa shape index (κ3) is 3.91. The van der Waals surface area contributed by atoms with Crippen LogP contribution in [-0.4, -0.2) is 39.9 Å². The first-order chi connectivity index (χ1) is 9.73. The van der Waals surface area contributed by atoms with Gasteiger partial charge in [-0.3, -0.25) is 0 Å². The standard InChI is InChI=1S/C14H24N4O2S/c1-5-10-16-17-11(21-10)14(15)7-6-8-18(9-14)12(19)20-13(2,3)4/h5-9,15H2,1-4H3. The molecule has 0 aromatic carbocycles. The lowest BCUT2D eigenvalue weighted by Crippen LogP contribution is -2.54. The molecule has 1 aromatic rings. The van der Waals surface area contributed by atoms with Crippen molar-refractivity contribution in [1.29, 1.82) is 0 Å². The number of carbonyl (C=O) groups is 1. The number of hydrogen-bond acceptors (Lipinski definition) is 6. The molecule has 0 bridgehead atoms. The minimum atomic E-state index is -0.611. The van der Waals surface area contributed by atoms with Gasteiger partial charge in [-0.05, 0) is 40.0 Å². The minimum absolute atomic E-state index is 0.308. The summed E-state index contributed by atoms with van der Waals surface area (Å²) in [6.07, 6.45) is 2.20. The summed E-state index contributed by atoms with van der Waals surface area (Å²) in [6, 6.07) is 0. The maximum atomic E-state index is 12.2. The molecule has 1 amide bonds. The summed E-state index contributed by atoms with van der Waals surface area (Å²) in [5.41, 5.74) is 5.39. The second-order valence-corrected chi connectivity index (χ2v) is 7.58. The van der Waals surface area contributed by atoms with Gasteiger partial charge < -0.3 is 15.4 Å². The molecule has 2 heterocycles. The van der Waals surface area contributed by atoms with E-state index in [1.165, 1.54) is 11.3 Å². The van der Waals surface area contributed by atoms with Crippen molar-refractivity contribution in [2.45, 2.75) is 58.1 Å². The van der Waals surface area contributed by atoms with E-state index >= 15 is 0 Å². The van der Waals surface area contributed by atoms with Gasteiger partial charge in [0.15, 0.2) is 0 Å². The van der Waals surface area contributed by atoms with Crippen LogP contribution in [0.15, 0.2) is 0 Å². The highest BCUT2D eigenvalue weighted by molar-refractivity contribution is 7.11. The summed E-state index contributed by atoms with van der Waals surface area (Å²) in [5, 5.41) is 10.1. The second kappa shape index (κ2) is 5.88. The average Bonchev–Trinajstić information content (AvgIpc) is 2.86. The highest BCUT2D eigenvalue weighted by Crippen LogP contribution is 2.31. The number of nitrogens with zero attached hydrogens (tertiary/aromatic N) is 3. The molecule has 0 aliphatic carbocycles. The third-order valence-electron chi connectivity index (χ3n) is 3.37. The molecular weight excluding hydrogens is 288 g/mol. The largest absolute Gasteiger partial charge is 0.444 e. The van der Waals surface area contributed by atoms with E-state index < -0.39 is 11.1 Å². The molecule has 1 fully saturated rings. The fourth-order valence-corrected chi connectivity index (χ4v) is 3.24. The van der Waals surface area contributed by atoms with Crippen LogP contribution in [0.2, 0.25) is 0 Å². The third-order valence-corrected chi connectivity index (χ3v) is 4.66. The van der Waals surface area contributed by atoms with Crippen molar-refractivity contribution in [1.82, 2.24) is 15.1 Å². The van der Waals surface area contributed by atoms with Crippen molar-refractivity contribution in [2.24, 2.45) is 5.73 Å². The number of likely N-dealkylation sites (tertiary alicyclic amines) is 1. The molecule has 1 aliphatic rings. The summed E-state index contributed by atoms with van der Waals surface area (Å²) in [6.45, 7) is 8.74. The SMILES string of the molecule is CCc1nnc(C2(N)CCCN(C(=O)OC(C)(C)C)C2)s1. The van der Waals surface area contributed by atoms with E-state index in [0.717, 1.165) is 29.3 Å². The van der Waals surface area contributed by atoms with Crippen molar-refractivity contribution < 1.29 is 9.53 Å². The first kappa shape index (κ1) is 16.2. The molecular formula is C14H24N4O2S. The quantitative estimate of drug-likeness (QED) is 0.906. The number of nitrogens with two attached hydrogens (primary N) is 1. The highest BCUT2D eigenvalue weighted by Gasteiger charge is 2.39. The lowest BCUT2D eigenvalue weighted by atomic mass is 9.91. The number of aromatic nitrogens is 2. The maximum absolute atomic E-state index is 12.2. The number of amides is 1. The number of ether oxygens (including phenoxy) is 1. The van der Waals surface area contributed by atoms with E-state index in [9.17, 15) is 4.79 Å². The van der Waals surface area contributed by atoms with Crippen LogP contribution in [0.3, 0.4) is 0 Å². The molecule has 1 aromatic heterocycles. The second-order valence-electron chi connectivity index (χ2n) is 6.52. The highest BCUT2D eigenvalue weighted by atomic mass is 32.1. The Balaban J connectivity index is 2.10. The Morgan fingerprint density at radius 2 is 2.19 bits per heavy atom. The van der Waals surface area contributed by atoms with Gasteiger partial charge in [0.2, 0.25) is 0 Å². The number of hydrogen-bond donors (Lipinski definition) is 1. The first-order valence-electron chi connectivity index (χ1n) is 7.33. The lowest BCUT2D eigenvalue weighted by Gasteiger charge is -2.39. The number of aryl methyl sites for hydroxylation is 1. The van der Waals surface area contributed by atoms with Gasteiger partial charge in [0.1, 0.15) is 15.6 Å². The van der Waals surface area contributed by atoms with E-state index in [4.69, 9.17) is 10.5 Å². The molecule has 7 heteroatoms. The smallest absolute Gasteiger partial charge is 0.410 e. The molecule has 0 spiro atoms. The van der Waals surface area contributed by atoms with Gasteiger partial charge in [0, 0.05) is 13.1 Å². The monoisotopic (exact) mass is 312 g/mol. The van der Waals surface area contributed by atoms with Gasteiger partial charge >= 0.3 is 6.09 Å². The normalized spacial score (nSPS) is 23.2. The Morgan fingerprint density at radius 3 is 2.76 bits per heavy atom. The predicted molar refractivity (Wildman–Crippen MR) is 82.2 cm³/mol. The Hall–Kier alpha value is -1.21. The van der Waals surface area contributed by atoms with Crippen LogP contribution < -0.4 is 5.73 Å². The van der Waals surface area contributed by atoms with Gasteiger partial charge in [-0.25, -0.2) is 4.79 Å². The first-order valence-corrected chi connectivity index (χ1v) is 8.15. The van der Waals surface area contributed by atoms with Crippen molar-refractivity contribution >= 4 is 17.4 Å². The zero-order chi connectivity index (χ0) is 15.7.